The van der Waals surface area contributed by atoms with E-state index in [1.807, 2.05) is 30.3 Å². The van der Waals surface area contributed by atoms with Crippen molar-refractivity contribution in [3.8, 4) is 0 Å². The van der Waals surface area contributed by atoms with Crippen LogP contribution in [-0.4, -0.2) is 22.1 Å². The maximum atomic E-state index is 12.8. The van der Waals surface area contributed by atoms with Crippen LogP contribution in [0.4, 0.5) is 13.2 Å². The fourth-order valence-electron chi connectivity index (χ4n) is 2.82. The minimum atomic E-state index is -4.42. The highest BCUT2D eigenvalue weighted by atomic mass is 19.4. The second-order valence-electron chi connectivity index (χ2n) is 6.26. The molecule has 29 heavy (non-hydrogen) atoms. The Morgan fingerprint density at radius 2 is 1.79 bits per heavy atom. The lowest BCUT2D eigenvalue weighted by molar-refractivity contribution is -0.138. The third-order valence-corrected chi connectivity index (χ3v) is 4.20. The molecule has 3 rings (SSSR count). The van der Waals surface area contributed by atoms with Gasteiger partial charge in [0.2, 0.25) is 0 Å². The second-order valence-corrected chi connectivity index (χ2v) is 6.26. The van der Waals surface area contributed by atoms with Gasteiger partial charge in [-0.1, -0.05) is 42.5 Å². The number of rotatable bonds is 6. The van der Waals surface area contributed by atoms with E-state index in [-0.39, 0.29) is 12.2 Å². The van der Waals surface area contributed by atoms with Gasteiger partial charge in [0.15, 0.2) is 0 Å². The van der Waals surface area contributed by atoms with Crippen LogP contribution in [0.25, 0.3) is 11.6 Å². The normalized spacial score (nSPS) is 12.1. The van der Waals surface area contributed by atoms with Crippen molar-refractivity contribution in [3.05, 3.63) is 89.5 Å². The Hall–Kier alpha value is -3.35. The van der Waals surface area contributed by atoms with Gasteiger partial charge in [-0.3, -0.25) is 0 Å². The number of hydrogen-bond donors (Lipinski definition) is 0. The van der Waals surface area contributed by atoms with E-state index in [9.17, 15) is 18.0 Å². The first kappa shape index (κ1) is 20.4. The predicted octanol–water partition coefficient (Wildman–Crippen LogP) is 5.05. The van der Waals surface area contributed by atoms with Gasteiger partial charge >= 0.3 is 12.1 Å². The van der Waals surface area contributed by atoms with E-state index >= 15 is 0 Å². The number of esters is 1. The number of nitrogens with zero attached hydrogens (tertiary/aromatic N) is 2. The van der Waals surface area contributed by atoms with Gasteiger partial charge in [0.1, 0.15) is 11.4 Å². The van der Waals surface area contributed by atoms with Crippen molar-refractivity contribution in [1.82, 2.24) is 9.55 Å². The van der Waals surface area contributed by atoms with Crippen LogP contribution in [0.15, 0.2) is 67.0 Å². The van der Waals surface area contributed by atoms with E-state index < -0.39 is 17.7 Å². The molecule has 150 valence electrons. The fraction of sp³-hybridized carbons (Fsp3) is 0.182. The molecule has 1 heterocycles. The molecule has 1 aromatic heterocycles. The molecule has 0 fully saturated rings. The molecular weight excluding hydrogens is 381 g/mol. The molecule has 0 radical (unpaired) electrons. The van der Waals surface area contributed by atoms with Crippen molar-refractivity contribution in [3.63, 3.8) is 0 Å². The third kappa shape index (κ3) is 5.13. The molecule has 0 amide bonds. The van der Waals surface area contributed by atoms with Gasteiger partial charge in [0.25, 0.3) is 0 Å². The molecular formula is C22H19F3N2O2. The van der Waals surface area contributed by atoms with Crippen molar-refractivity contribution < 1.29 is 22.7 Å². The average molecular weight is 400 g/mol. The summed E-state index contributed by atoms with van der Waals surface area (Å²) >= 11 is 0. The fourth-order valence-corrected chi connectivity index (χ4v) is 2.82. The molecule has 0 spiro atoms. The summed E-state index contributed by atoms with van der Waals surface area (Å²) in [6.07, 6.45) is 0.375. The van der Waals surface area contributed by atoms with Crippen molar-refractivity contribution in [1.29, 1.82) is 0 Å². The van der Waals surface area contributed by atoms with Crippen LogP contribution in [0.5, 0.6) is 0 Å². The van der Waals surface area contributed by atoms with E-state index in [0.29, 0.717) is 17.9 Å². The summed E-state index contributed by atoms with van der Waals surface area (Å²) in [6.45, 7) is 2.34. The minimum absolute atomic E-state index is 0.169. The topological polar surface area (TPSA) is 44.1 Å². The summed E-state index contributed by atoms with van der Waals surface area (Å²) in [4.78, 5) is 16.8. The molecule has 0 aliphatic rings. The third-order valence-electron chi connectivity index (χ3n) is 4.20. The Balaban J connectivity index is 1.98. The van der Waals surface area contributed by atoms with Crippen LogP contribution < -0.4 is 0 Å². The zero-order valence-electron chi connectivity index (χ0n) is 15.7. The number of carbonyl (C=O) groups is 1. The zero-order valence-corrected chi connectivity index (χ0v) is 15.7. The highest BCUT2D eigenvalue weighted by Gasteiger charge is 2.30. The highest BCUT2D eigenvalue weighted by molar-refractivity contribution is 6.20. The summed E-state index contributed by atoms with van der Waals surface area (Å²) in [5.74, 6) is -0.208. The monoisotopic (exact) mass is 400 g/mol. The van der Waals surface area contributed by atoms with E-state index in [2.05, 4.69) is 4.98 Å². The molecule has 0 saturated heterocycles. The molecule has 4 nitrogen and oxygen atoms in total. The lowest BCUT2D eigenvalue weighted by Gasteiger charge is -2.11. The number of ether oxygens (including phenoxy) is 1. The van der Waals surface area contributed by atoms with Crippen molar-refractivity contribution in [2.75, 3.05) is 6.61 Å². The molecule has 0 aliphatic carbocycles. The molecule has 0 N–H and O–H groups in total. The average Bonchev–Trinajstić information content (AvgIpc) is 3.14. The van der Waals surface area contributed by atoms with Gasteiger partial charge in [-0.2, -0.15) is 13.2 Å². The highest BCUT2D eigenvalue weighted by Crippen LogP contribution is 2.30. The molecule has 0 aliphatic heterocycles. The number of carbonyl (C=O) groups excluding carboxylic acids is 1. The lowest BCUT2D eigenvalue weighted by atomic mass is 10.1. The molecule has 7 heteroatoms. The summed E-state index contributed by atoms with van der Waals surface area (Å²) in [6, 6.07) is 14.2. The second kappa shape index (κ2) is 8.77. The van der Waals surface area contributed by atoms with Gasteiger partial charge in [-0.05, 0) is 36.3 Å². The van der Waals surface area contributed by atoms with Gasteiger partial charge in [0, 0.05) is 18.9 Å². The number of alkyl halides is 3. The Morgan fingerprint density at radius 3 is 2.41 bits per heavy atom. The zero-order chi connectivity index (χ0) is 20.9. The Bertz CT molecular complexity index is 991. The largest absolute Gasteiger partial charge is 0.462 e. The number of benzene rings is 2. The predicted molar refractivity (Wildman–Crippen MR) is 104 cm³/mol. The Kier molecular flexibility index (Phi) is 6.16. The lowest BCUT2D eigenvalue weighted by Crippen LogP contribution is -2.12. The van der Waals surface area contributed by atoms with Gasteiger partial charge in [0.05, 0.1) is 12.2 Å². The van der Waals surface area contributed by atoms with Crippen LogP contribution in [0.3, 0.4) is 0 Å². The summed E-state index contributed by atoms with van der Waals surface area (Å²) in [5.41, 5.74) is 0.880. The molecule has 0 saturated carbocycles. The Morgan fingerprint density at radius 1 is 1.10 bits per heavy atom. The van der Waals surface area contributed by atoms with Crippen LogP contribution in [0.1, 0.15) is 29.4 Å². The van der Waals surface area contributed by atoms with Gasteiger partial charge in [-0.25, -0.2) is 9.78 Å². The first-order chi connectivity index (χ1) is 13.9. The quantitative estimate of drug-likeness (QED) is 0.429. The van der Waals surface area contributed by atoms with Crippen molar-refractivity contribution in [2.45, 2.75) is 19.6 Å². The number of aromatic nitrogens is 2. The summed E-state index contributed by atoms with van der Waals surface area (Å²) in [5, 5.41) is 0. The molecule has 2 aromatic carbocycles. The van der Waals surface area contributed by atoms with Crippen LogP contribution >= 0.6 is 0 Å². The Labute approximate surface area is 166 Å². The van der Waals surface area contributed by atoms with E-state index in [4.69, 9.17) is 4.74 Å². The number of halogens is 3. The smallest absolute Gasteiger partial charge is 0.416 e. The van der Waals surface area contributed by atoms with E-state index in [1.165, 1.54) is 18.2 Å². The maximum Gasteiger partial charge on any atom is 0.416 e. The van der Waals surface area contributed by atoms with Crippen molar-refractivity contribution in [2.24, 2.45) is 0 Å². The van der Waals surface area contributed by atoms with Crippen LogP contribution in [-0.2, 0) is 22.3 Å². The SMILES string of the molecule is CCOC(=O)/C(=C/c1ccc(C(F)(F)F)cc1)c1nccn1Cc1ccccc1. The molecule has 0 bridgehead atoms. The van der Waals surface area contributed by atoms with E-state index in [1.54, 1.807) is 23.9 Å². The van der Waals surface area contributed by atoms with E-state index in [0.717, 1.165) is 17.7 Å². The number of hydrogen-bond acceptors (Lipinski definition) is 3. The molecule has 0 unspecified atom stereocenters. The first-order valence-electron chi connectivity index (χ1n) is 9.00. The van der Waals surface area contributed by atoms with Gasteiger partial charge < -0.3 is 9.30 Å². The molecule has 0 atom stereocenters. The number of imidazole rings is 1. The van der Waals surface area contributed by atoms with Crippen molar-refractivity contribution >= 4 is 17.6 Å². The van der Waals surface area contributed by atoms with Crippen LogP contribution in [0, 0.1) is 0 Å². The van der Waals surface area contributed by atoms with Crippen LogP contribution in [0.2, 0.25) is 0 Å². The summed E-state index contributed by atoms with van der Waals surface area (Å²) in [7, 11) is 0. The summed E-state index contributed by atoms with van der Waals surface area (Å²) < 4.78 is 45.3. The molecule has 3 aromatic rings. The van der Waals surface area contributed by atoms with Gasteiger partial charge in [-0.15, -0.1) is 0 Å². The standard InChI is InChI=1S/C22H19F3N2O2/c1-2-29-21(28)19(14-16-8-10-18(11-9-16)22(23,24)25)20-26-12-13-27(20)15-17-6-4-3-5-7-17/h3-14H,2,15H2,1H3/b19-14+. The minimum Gasteiger partial charge on any atom is -0.462 e. The maximum absolute atomic E-state index is 12.8. The first-order valence-corrected chi connectivity index (χ1v) is 9.00.